The van der Waals surface area contributed by atoms with E-state index in [0.717, 1.165) is 39.1 Å². The maximum absolute atomic E-state index is 14.2. The lowest BCUT2D eigenvalue weighted by atomic mass is 10.0. The summed E-state index contributed by atoms with van der Waals surface area (Å²) in [5.41, 5.74) is 16.9. The number of nitrogens with two attached hydrogens (primary N) is 2. The first-order valence-electron chi connectivity index (χ1n) is 20.3. The number of nitrogens with zero attached hydrogens (tertiary/aromatic N) is 1. The molecule has 0 fully saturated rings. The van der Waals surface area contributed by atoms with E-state index in [0.29, 0.717) is 25.1 Å². The first-order chi connectivity index (χ1) is 29.7. The molecule has 0 saturated heterocycles. The van der Waals surface area contributed by atoms with E-state index >= 15 is 0 Å². The first-order valence-corrected chi connectivity index (χ1v) is 21.5. The third-order valence-corrected chi connectivity index (χ3v) is 10.9. The molecule has 3 atom stereocenters. The Hall–Kier alpha value is -6.60. The van der Waals surface area contributed by atoms with Gasteiger partial charge in [-0.15, -0.1) is 0 Å². The quantitative estimate of drug-likeness (QED) is 0.0303. The molecule has 13 heteroatoms. The summed E-state index contributed by atoms with van der Waals surface area (Å²) in [7, 11) is 1.60. The van der Waals surface area contributed by atoms with E-state index in [2.05, 4.69) is 26.3 Å². The fourth-order valence-electron chi connectivity index (χ4n) is 6.55. The van der Waals surface area contributed by atoms with Crippen LogP contribution in [0.25, 0.3) is 11.1 Å². The zero-order valence-corrected chi connectivity index (χ0v) is 35.2. The van der Waals surface area contributed by atoms with Crippen molar-refractivity contribution in [3.8, 4) is 16.9 Å². The van der Waals surface area contributed by atoms with E-state index in [9.17, 15) is 19.2 Å². The highest BCUT2D eigenvalue weighted by Crippen LogP contribution is 2.20. The van der Waals surface area contributed by atoms with Gasteiger partial charge < -0.3 is 37.5 Å². The molecular weight excluding hydrogens is 787 g/mol. The second-order valence-electron chi connectivity index (χ2n) is 14.5. The Labute approximate surface area is 362 Å². The Morgan fingerprint density at radius 1 is 0.623 bits per heavy atom. The van der Waals surface area contributed by atoms with E-state index in [1.54, 1.807) is 7.11 Å². The minimum Gasteiger partial charge on any atom is -0.497 e. The third kappa shape index (κ3) is 15.8. The zero-order valence-electron chi connectivity index (χ0n) is 34.4. The maximum atomic E-state index is 14.2. The largest absolute Gasteiger partial charge is 0.497 e. The van der Waals surface area contributed by atoms with Gasteiger partial charge in [-0.25, -0.2) is 0 Å². The number of thioether (sulfide) groups is 1. The van der Waals surface area contributed by atoms with Gasteiger partial charge in [0.25, 0.3) is 0 Å². The van der Waals surface area contributed by atoms with Crippen molar-refractivity contribution >= 4 is 41.4 Å². The van der Waals surface area contributed by atoms with Crippen molar-refractivity contribution in [2.45, 2.75) is 56.0 Å². The molecule has 61 heavy (non-hydrogen) atoms. The van der Waals surface area contributed by atoms with Crippen molar-refractivity contribution in [3.05, 3.63) is 162 Å². The Bertz CT molecular complexity index is 2150. The maximum Gasteiger partial charge on any atom is 0.244 e. The van der Waals surface area contributed by atoms with Gasteiger partial charge in [0.05, 0.1) is 13.5 Å². The molecule has 0 saturated carbocycles. The number of benzene rings is 5. The summed E-state index contributed by atoms with van der Waals surface area (Å²) in [6.07, 6.45) is 1.40. The van der Waals surface area contributed by atoms with Crippen molar-refractivity contribution < 1.29 is 23.9 Å². The van der Waals surface area contributed by atoms with Gasteiger partial charge in [0.2, 0.25) is 23.6 Å². The van der Waals surface area contributed by atoms with Crippen LogP contribution in [-0.4, -0.2) is 73.7 Å². The zero-order chi connectivity index (χ0) is 43.2. The topological polar surface area (TPSA) is 190 Å². The molecule has 0 aliphatic carbocycles. The highest BCUT2D eigenvalue weighted by atomic mass is 32.2. The molecule has 5 aromatic carbocycles. The van der Waals surface area contributed by atoms with E-state index in [1.165, 1.54) is 11.8 Å². The number of hydrogen-bond donors (Lipinski definition) is 6. The molecule has 0 spiro atoms. The molecule has 2 unspecified atom stereocenters. The van der Waals surface area contributed by atoms with Gasteiger partial charge in [0, 0.05) is 31.0 Å². The van der Waals surface area contributed by atoms with Gasteiger partial charge in [-0.1, -0.05) is 127 Å². The normalized spacial score (nSPS) is 12.2. The van der Waals surface area contributed by atoms with Gasteiger partial charge in [0.1, 0.15) is 23.9 Å². The number of guanidine groups is 1. The molecular formula is C48H55N7O5S. The predicted molar refractivity (Wildman–Crippen MR) is 244 cm³/mol. The minimum absolute atomic E-state index is 0.0466. The Kier molecular flexibility index (Phi) is 18.2. The lowest BCUT2D eigenvalue weighted by molar-refractivity contribution is -0.133. The highest BCUT2D eigenvalue weighted by Gasteiger charge is 2.30. The fourth-order valence-corrected chi connectivity index (χ4v) is 7.57. The molecule has 5 rings (SSSR count). The van der Waals surface area contributed by atoms with E-state index < -0.39 is 29.9 Å². The van der Waals surface area contributed by atoms with Gasteiger partial charge in [-0.2, -0.15) is 11.8 Å². The Morgan fingerprint density at radius 2 is 1.20 bits per heavy atom. The third-order valence-electron chi connectivity index (χ3n) is 9.84. The van der Waals surface area contributed by atoms with Crippen molar-refractivity contribution in [2.24, 2.45) is 16.5 Å². The van der Waals surface area contributed by atoms with Crippen LogP contribution in [0.4, 0.5) is 0 Å². The van der Waals surface area contributed by atoms with Crippen LogP contribution in [0.2, 0.25) is 0 Å². The van der Waals surface area contributed by atoms with Crippen LogP contribution >= 0.6 is 11.8 Å². The second-order valence-corrected chi connectivity index (χ2v) is 15.5. The van der Waals surface area contributed by atoms with Crippen LogP contribution in [0.3, 0.4) is 0 Å². The molecule has 8 N–H and O–H groups in total. The number of nitrogens with one attached hydrogen (secondary N) is 4. The molecule has 0 bridgehead atoms. The van der Waals surface area contributed by atoms with Crippen LogP contribution in [0.1, 0.15) is 35.1 Å². The molecule has 0 aliphatic rings. The molecule has 12 nitrogen and oxygen atoms in total. The van der Waals surface area contributed by atoms with Gasteiger partial charge >= 0.3 is 0 Å². The molecule has 5 aromatic rings. The number of carbonyl (C=O) groups excluding carboxylic acids is 4. The SMILES string of the molecule is COc1ccc(CSCC(NC(=O)Cc2ccc(-c3ccccc3)cc2)C(=O)N[C@H](CCCN=C(N)N)C(=O)NC(Cc2ccccc2)C(=O)NCCc2ccccc2)cc1. The number of rotatable bonds is 23. The predicted octanol–water partition coefficient (Wildman–Crippen LogP) is 4.95. The van der Waals surface area contributed by atoms with E-state index in [-0.39, 0.29) is 49.3 Å². The standard InChI is InChI=1S/C48H55N7O5S/c1-60-40-25-21-37(22-26-40)32-61-33-43(53-44(56)31-36-19-23-39(24-20-36)38-16-9-4-10-17-38)47(59)54-41(18-11-28-52-48(49)50)46(58)55-42(30-35-14-7-3-8-15-35)45(57)51-29-27-34-12-5-2-6-13-34/h2-10,12-17,19-26,41-43H,11,18,27-33H2,1H3,(H,51,57)(H,53,56)(H,54,59)(H,55,58)(H4,49,50,52)/t41-,42?,43?/m1/s1. The number of ether oxygens (including phenoxy) is 1. The van der Waals surface area contributed by atoms with Crippen LogP contribution in [0, 0.1) is 0 Å². The van der Waals surface area contributed by atoms with Crippen LogP contribution in [-0.2, 0) is 44.2 Å². The molecule has 318 valence electrons. The summed E-state index contributed by atoms with van der Waals surface area (Å²) in [4.78, 5) is 59.7. The van der Waals surface area contributed by atoms with E-state index in [1.807, 2.05) is 140 Å². The monoisotopic (exact) mass is 841 g/mol. The molecule has 0 heterocycles. The lowest BCUT2D eigenvalue weighted by Gasteiger charge is -2.25. The van der Waals surface area contributed by atoms with Crippen molar-refractivity contribution in [1.82, 2.24) is 21.3 Å². The number of methoxy groups -OCH3 is 1. The average molecular weight is 842 g/mol. The molecule has 0 radical (unpaired) electrons. The summed E-state index contributed by atoms with van der Waals surface area (Å²) >= 11 is 1.47. The summed E-state index contributed by atoms with van der Waals surface area (Å²) in [6.45, 7) is 0.589. The van der Waals surface area contributed by atoms with Crippen molar-refractivity contribution in [3.63, 3.8) is 0 Å². The van der Waals surface area contributed by atoms with Crippen LogP contribution in [0.15, 0.2) is 145 Å². The van der Waals surface area contributed by atoms with Gasteiger partial charge in [0.15, 0.2) is 5.96 Å². The van der Waals surface area contributed by atoms with Crippen LogP contribution in [0.5, 0.6) is 5.75 Å². The first kappa shape index (κ1) is 45.5. The summed E-state index contributed by atoms with van der Waals surface area (Å²) in [5.74, 6) is -0.360. The number of hydrogen-bond acceptors (Lipinski definition) is 7. The minimum atomic E-state index is -1.08. The summed E-state index contributed by atoms with van der Waals surface area (Å²) in [6, 6.07) is 41.5. The number of carbonyl (C=O) groups is 4. The van der Waals surface area contributed by atoms with Crippen molar-refractivity contribution in [2.75, 3.05) is 26.0 Å². The average Bonchev–Trinajstić information content (AvgIpc) is 3.28. The van der Waals surface area contributed by atoms with Gasteiger partial charge in [-0.05, 0) is 64.8 Å². The highest BCUT2D eigenvalue weighted by molar-refractivity contribution is 7.98. The summed E-state index contributed by atoms with van der Waals surface area (Å²) < 4.78 is 5.29. The molecule has 0 aromatic heterocycles. The van der Waals surface area contributed by atoms with Crippen molar-refractivity contribution in [1.29, 1.82) is 0 Å². The van der Waals surface area contributed by atoms with Gasteiger partial charge in [-0.3, -0.25) is 24.2 Å². The smallest absolute Gasteiger partial charge is 0.244 e. The lowest BCUT2D eigenvalue weighted by Crippen LogP contribution is -2.57. The Balaban J connectivity index is 1.31. The molecule has 4 amide bonds. The fraction of sp³-hybridized carbons (Fsp3) is 0.271. The molecule has 0 aliphatic heterocycles. The second kappa shape index (κ2) is 24.5. The summed E-state index contributed by atoms with van der Waals surface area (Å²) in [5, 5.41) is 11.7. The number of amides is 4. The number of aliphatic imine (C=N–C) groups is 1. The Morgan fingerprint density at radius 3 is 1.84 bits per heavy atom. The van der Waals surface area contributed by atoms with E-state index in [4.69, 9.17) is 16.2 Å². The van der Waals surface area contributed by atoms with Crippen LogP contribution < -0.4 is 37.5 Å².